The first-order valence-corrected chi connectivity index (χ1v) is 7.27. The Morgan fingerprint density at radius 2 is 2.10 bits per heavy atom. The van der Waals surface area contributed by atoms with Gasteiger partial charge in [0.05, 0.1) is 11.3 Å². The molecule has 0 spiro atoms. The molecule has 0 bridgehead atoms. The maximum Gasteiger partial charge on any atom is 0.299 e. The van der Waals surface area contributed by atoms with E-state index in [1.807, 2.05) is 6.92 Å². The Morgan fingerprint density at radius 1 is 1.35 bits per heavy atom. The molecule has 1 aliphatic heterocycles. The fourth-order valence-electron chi connectivity index (χ4n) is 2.06. The van der Waals surface area contributed by atoms with Crippen molar-refractivity contribution in [3.05, 3.63) is 28.2 Å². The molecule has 0 fully saturated rings. The van der Waals surface area contributed by atoms with E-state index in [0.29, 0.717) is 22.3 Å². The summed E-state index contributed by atoms with van der Waals surface area (Å²) < 4.78 is 0.572. The van der Waals surface area contributed by atoms with Crippen molar-refractivity contribution < 1.29 is 14.4 Å². The van der Waals surface area contributed by atoms with Gasteiger partial charge in [0.15, 0.2) is 0 Å². The van der Waals surface area contributed by atoms with Crippen molar-refractivity contribution in [2.24, 2.45) is 0 Å². The second kappa shape index (κ2) is 6.17. The van der Waals surface area contributed by atoms with Gasteiger partial charge < -0.3 is 5.32 Å². The number of hydrogen-bond donors (Lipinski definition) is 1. The summed E-state index contributed by atoms with van der Waals surface area (Å²) in [6, 6.07) is 5.10. The number of unbranched alkanes of at least 4 members (excludes halogenated alkanes) is 1. The van der Waals surface area contributed by atoms with E-state index in [-0.39, 0.29) is 12.5 Å². The van der Waals surface area contributed by atoms with Crippen LogP contribution in [0.25, 0.3) is 0 Å². The van der Waals surface area contributed by atoms with Crippen LogP contribution < -0.4 is 10.2 Å². The van der Waals surface area contributed by atoms with Crippen LogP contribution in [0.15, 0.2) is 22.7 Å². The van der Waals surface area contributed by atoms with Crippen molar-refractivity contribution in [1.82, 2.24) is 5.32 Å². The third kappa shape index (κ3) is 2.75. The van der Waals surface area contributed by atoms with Crippen molar-refractivity contribution >= 4 is 39.2 Å². The van der Waals surface area contributed by atoms with Crippen molar-refractivity contribution in [1.29, 1.82) is 0 Å². The van der Waals surface area contributed by atoms with E-state index in [0.717, 1.165) is 12.8 Å². The van der Waals surface area contributed by atoms with Gasteiger partial charge in [-0.25, -0.2) is 0 Å². The lowest BCUT2D eigenvalue weighted by Gasteiger charge is -2.16. The third-order valence-electron chi connectivity index (χ3n) is 3.10. The average Bonchev–Trinajstić information content (AvgIpc) is 2.65. The van der Waals surface area contributed by atoms with Crippen molar-refractivity contribution in [2.45, 2.75) is 19.8 Å². The SMILES string of the molecule is CCCCNC(=O)CN1C(=O)C(=O)c2c(Br)cccc21. The Kier molecular flexibility index (Phi) is 4.54. The van der Waals surface area contributed by atoms with Crippen LogP contribution in [0, 0.1) is 0 Å². The van der Waals surface area contributed by atoms with Crippen molar-refractivity contribution in [3.63, 3.8) is 0 Å². The fourth-order valence-corrected chi connectivity index (χ4v) is 2.60. The molecular weight excluding hydrogens is 324 g/mol. The Morgan fingerprint density at radius 3 is 2.80 bits per heavy atom. The summed E-state index contributed by atoms with van der Waals surface area (Å²) in [5, 5.41) is 2.74. The molecule has 0 aromatic heterocycles. The number of anilines is 1. The summed E-state index contributed by atoms with van der Waals surface area (Å²) in [5.74, 6) is -1.49. The predicted molar refractivity (Wildman–Crippen MR) is 78.7 cm³/mol. The van der Waals surface area contributed by atoms with E-state index in [4.69, 9.17) is 0 Å². The fraction of sp³-hybridized carbons (Fsp3) is 0.357. The zero-order valence-electron chi connectivity index (χ0n) is 11.1. The van der Waals surface area contributed by atoms with E-state index in [2.05, 4.69) is 21.2 Å². The minimum Gasteiger partial charge on any atom is -0.355 e. The highest BCUT2D eigenvalue weighted by molar-refractivity contribution is 9.10. The molecule has 1 aromatic carbocycles. The van der Waals surface area contributed by atoms with Gasteiger partial charge in [0.1, 0.15) is 6.54 Å². The topological polar surface area (TPSA) is 66.5 Å². The number of carbonyl (C=O) groups is 3. The molecule has 20 heavy (non-hydrogen) atoms. The van der Waals surface area contributed by atoms with Crippen LogP contribution in [-0.4, -0.2) is 30.7 Å². The summed E-state index contributed by atoms with van der Waals surface area (Å²) in [5.41, 5.74) is 0.818. The Bertz CT molecular complexity index is 572. The molecule has 0 saturated carbocycles. The third-order valence-corrected chi connectivity index (χ3v) is 3.76. The standard InChI is InChI=1S/C14H15BrN2O3/c1-2-3-7-16-11(18)8-17-10-6-4-5-9(15)12(10)13(19)14(17)20/h4-6H,2-3,7-8H2,1H3,(H,16,18). The lowest BCUT2D eigenvalue weighted by molar-refractivity contribution is -0.122. The number of amides is 2. The second-order valence-electron chi connectivity index (χ2n) is 4.56. The van der Waals surface area contributed by atoms with Crippen LogP contribution in [0.3, 0.4) is 0 Å². The van der Waals surface area contributed by atoms with Gasteiger partial charge in [-0.3, -0.25) is 19.3 Å². The van der Waals surface area contributed by atoms with Crippen LogP contribution in [0.1, 0.15) is 30.1 Å². The monoisotopic (exact) mass is 338 g/mol. The Balaban J connectivity index is 2.14. The number of halogens is 1. The molecule has 0 unspecified atom stereocenters. The number of hydrogen-bond acceptors (Lipinski definition) is 3. The summed E-state index contributed by atoms with van der Waals surface area (Å²) in [7, 11) is 0. The Hall–Kier alpha value is -1.69. The van der Waals surface area contributed by atoms with Gasteiger partial charge in [0.25, 0.3) is 11.7 Å². The molecule has 0 atom stereocenters. The molecule has 1 N–H and O–H groups in total. The maximum absolute atomic E-state index is 12.0. The normalized spacial score (nSPS) is 13.6. The van der Waals surface area contributed by atoms with Gasteiger partial charge in [0.2, 0.25) is 5.91 Å². The van der Waals surface area contributed by atoms with E-state index in [9.17, 15) is 14.4 Å². The molecule has 6 heteroatoms. The van der Waals surface area contributed by atoms with Gasteiger partial charge in [-0.15, -0.1) is 0 Å². The molecule has 2 rings (SSSR count). The quantitative estimate of drug-likeness (QED) is 0.658. The van der Waals surface area contributed by atoms with Crippen LogP contribution in [0.5, 0.6) is 0 Å². The number of rotatable bonds is 5. The van der Waals surface area contributed by atoms with Gasteiger partial charge in [0, 0.05) is 11.0 Å². The van der Waals surface area contributed by atoms with Crippen LogP contribution in [0.2, 0.25) is 0 Å². The highest BCUT2D eigenvalue weighted by Gasteiger charge is 2.38. The lowest BCUT2D eigenvalue weighted by atomic mass is 10.1. The van der Waals surface area contributed by atoms with E-state index in [1.165, 1.54) is 4.90 Å². The van der Waals surface area contributed by atoms with Crippen LogP contribution in [0.4, 0.5) is 5.69 Å². The van der Waals surface area contributed by atoms with Crippen LogP contribution in [-0.2, 0) is 9.59 Å². The largest absolute Gasteiger partial charge is 0.355 e. The lowest BCUT2D eigenvalue weighted by Crippen LogP contribution is -2.40. The maximum atomic E-state index is 12.0. The van der Waals surface area contributed by atoms with Gasteiger partial charge in [-0.1, -0.05) is 19.4 Å². The predicted octanol–water partition coefficient (Wildman–Crippen LogP) is 1.89. The number of Topliss-reactive ketones (excluding diaryl/α,β-unsaturated/α-hetero) is 1. The molecule has 5 nitrogen and oxygen atoms in total. The smallest absolute Gasteiger partial charge is 0.299 e. The molecular formula is C14H15BrN2O3. The molecule has 0 saturated heterocycles. The zero-order valence-corrected chi connectivity index (χ0v) is 12.7. The first-order valence-electron chi connectivity index (χ1n) is 6.47. The number of ketones is 1. The van der Waals surface area contributed by atoms with E-state index >= 15 is 0 Å². The second-order valence-corrected chi connectivity index (χ2v) is 5.41. The number of nitrogens with zero attached hydrogens (tertiary/aromatic N) is 1. The molecule has 106 valence electrons. The minimum atomic E-state index is -0.655. The highest BCUT2D eigenvalue weighted by Crippen LogP contribution is 2.33. The van der Waals surface area contributed by atoms with Gasteiger partial charge >= 0.3 is 0 Å². The number of nitrogens with one attached hydrogen (secondary N) is 1. The van der Waals surface area contributed by atoms with Gasteiger partial charge in [-0.2, -0.15) is 0 Å². The Labute approximate surface area is 125 Å². The molecule has 1 aromatic rings. The van der Waals surface area contributed by atoms with E-state index in [1.54, 1.807) is 18.2 Å². The summed E-state index contributed by atoms with van der Waals surface area (Å²) in [6.07, 6.45) is 1.87. The summed E-state index contributed by atoms with van der Waals surface area (Å²) >= 11 is 3.26. The average molecular weight is 339 g/mol. The van der Waals surface area contributed by atoms with Crippen molar-refractivity contribution in [3.8, 4) is 0 Å². The number of fused-ring (bicyclic) bond motifs is 1. The first kappa shape index (κ1) is 14.7. The molecule has 0 radical (unpaired) electrons. The summed E-state index contributed by atoms with van der Waals surface area (Å²) in [6.45, 7) is 2.48. The molecule has 2 amide bonds. The minimum absolute atomic E-state index is 0.127. The first-order chi connectivity index (χ1) is 9.56. The number of carbonyl (C=O) groups excluding carboxylic acids is 3. The molecule has 0 aliphatic carbocycles. The zero-order chi connectivity index (χ0) is 14.7. The highest BCUT2D eigenvalue weighted by atomic mass is 79.9. The summed E-state index contributed by atoms with van der Waals surface area (Å²) in [4.78, 5) is 36.9. The van der Waals surface area contributed by atoms with Crippen molar-refractivity contribution in [2.75, 3.05) is 18.0 Å². The molecule has 1 heterocycles. The van der Waals surface area contributed by atoms with Crippen LogP contribution >= 0.6 is 15.9 Å². The molecule has 1 aliphatic rings. The van der Waals surface area contributed by atoms with E-state index < -0.39 is 11.7 Å². The number of benzene rings is 1. The van der Waals surface area contributed by atoms with Gasteiger partial charge in [-0.05, 0) is 34.5 Å².